The van der Waals surface area contributed by atoms with E-state index in [2.05, 4.69) is 25.7 Å². The molecule has 4 heterocycles. The van der Waals surface area contributed by atoms with E-state index in [1.807, 2.05) is 58.8 Å². The quantitative estimate of drug-likeness (QED) is 0.176. The molecule has 4 aliphatic rings. The van der Waals surface area contributed by atoms with Gasteiger partial charge in [0, 0.05) is 53.6 Å². The van der Waals surface area contributed by atoms with E-state index < -0.39 is 77.2 Å². The molecule has 2 bridgehead atoms. The van der Waals surface area contributed by atoms with Crippen molar-refractivity contribution in [2.45, 2.75) is 129 Å². The molecule has 1 amide bonds. The van der Waals surface area contributed by atoms with Crippen LogP contribution in [-0.2, 0) is 28.5 Å². The van der Waals surface area contributed by atoms with Gasteiger partial charge in [-0.15, -0.1) is 0 Å². The van der Waals surface area contributed by atoms with Gasteiger partial charge in [0.25, 0.3) is 0 Å². The van der Waals surface area contributed by atoms with Gasteiger partial charge < -0.3 is 33.7 Å². The maximum absolute atomic E-state index is 14.7. The number of aliphatic imine (C=N–C) groups is 1. The Labute approximate surface area is 354 Å². The lowest BCUT2D eigenvalue weighted by molar-refractivity contribution is -0.286. The first kappa shape index (κ1) is 45.2. The average molecular weight is 832 g/mol. The number of ketones is 1. The fraction of sp³-hybridized carbons (Fsp3) is 0.617. The fourth-order valence-corrected chi connectivity index (χ4v) is 10.1. The van der Waals surface area contributed by atoms with Gasteiger partial charge in [-0.2, -0.15) is 0 Å². The lowest BCUT2D eigenvalue weighted by atomic mass is 9.66. The first-order valence-electron chi connectivity index (χ1n) is 21.3. The molecule has 6 rings (SSSR count). The highest BCUT2D eigenvalue weighted by Crippen LogP contribution is 2.46. The number of hydrogen-bond acceptors (Lipinski definition) is 11. The van der Waals surface area contributed by atoms with Gasteiger partial charge in [0.05, 0.1) is 24.8 Å². The van der Waals surface area contributed by atoms with E-state index in [4.69, 9.17) is 28.7 Å². The number of fused-ring (bicyclic) bond motifs is 1. The van der Waals surface area contributed by atoms with Crippen LogP contribution in [0, 0.1) is 46.7 Å². The molecule has 1 N–H and O–H groups in total. The standard InChI is InChI=1S/C47H62FN3O9/c1-11-37-47(8)41-29(4)38(49-22-23-51(41)45(55)60-47)27(2)26-46(7,21-13-14-32-17-19-34(20-18-32)57-35-16-12-15-33(48)25-35)42(30(5)39(52)31(6)43(54)58-37)59-44-40(53)36(50(9)10)24-28(3)56-44/h12,15-20,25,27-31,36-37,40-42,44,53H,11,21-24,26H2,1-10H3/t27-,28-,29+,30+,31-,36+,37-,40-,41-,42-,44?,46+,47-/m1/s1. The van der Waals surface area contributed by atoms with Crippen LogP contribution in [0.25, 0.3) is 0 Å². The van der Waals surface area contributed by atoms with Gasteiger partial charge in [-0.3, -0.25) is 19.5 Å². The van der Waals surface area contributed by atoms with Crippen molar-refractivity contribution >= 4 is 23.6 Å². The topological polar surface area (TPSA) is 136 Å². The van der Waals surface area contributed by atoms with E-state index in [1.54, 1.807) is 43.0 Å². The van der Waals surface area contributed by atoms with Crippen LogP contribution in [0.1, 0.15) is 86.6 Å². The van der Waals surface area contributed by atoms with E-state index >= 15 is 0 Å². The molecule has 0 aliphatic carbocycles. The summed E-state index contributed by atoms with van der Waals surface area (Å²) in [4.78, 5) is 51.0. The van der Waals surface area contributed by atoms with Crippen molar-refractivity contribution in [3.63, 3.8) is 0 Å². The number of carbonyl (C=O) groups excluding carboxylic acids is 3. The molecule has 0 aromatic heterocycles. The number of benzene rings is 2. The van der Waals surface area contributed by atoms with Crippen LogP contribution in [-0.4, -0.2) is 114 Å². The highest BCUT2D eigenvalue weighted by atomic mass is 19.1. The van der Waals surface area contributed by atoms with Gasteiger partial charge in [-0.25, -0.2) is 9.18 Å². The summed E-state index contributed by atoms with van der Waals surface area (Å²) in [6.45, 7) is 15.8. The van der Waals surface area contributed by atoms with Gasteiger partial charge in [0.1, 0.15) is 35.4 Å². The smallest absolute Gasteiger partial charge is 0.410 e. The molecule has 0 spiro atoms. The van der Waals surface area contributed by atoms with Gasteiger partial charge in [-0.05, 0) is 96.4 Å². The van der Waals surface area contributed by atoms with Crippen LogP contribution >= 0.6 is 0 Å². The Morgan fingerprint density at radius 1 is 1.02 bits per heavy atom. The van der Waals surface area contributed by atoms with Crippen LogP contribution in [0.4, 0.5) is 9.18 Å². The number of likely N-dealkylation sites (N-methyl/N-ethyl adjacent to an activating group) is 1. The fourth-order valence-electron chi connectivity index (χ4n) is 10.1. The second kappa shape index (κ2) is 18.3. The lowest BCUT2D eigenvalue weighted by Crippen LogP contribution is -2.58. The maximum Gasteiger partial charge on any atom is 0.410 e. The normalized spacial score (nSPS) is 36.3. The summed E-state index contributed by atoms with van der Waals surface area (Å²) >= 11 is 0. The molecule has 60 heavy (non-hydrogen) atoms. The second-order valence-corrected chi connectivity index (χ2v) is 18.0. The minimum absolute atomic E-state index is 0.187. The summed E-state index contributed by atoms with van der Waals surface area (Å²) in [5.41, 5.74) is -0.488. The van der Waals surface area contributed by atoms with E-state index in [0.29, 0.717) is 49.4 Å². The van der Waals surface area contributed by atoms with Gasteiger partial charge in [-0.1, -0.05) is 52.5 Å². The summed E-state index contributed by atoms with van der Waals surface area (Å²) < 4.78 is 45.2. The average Bonchev–Trinajstić information content (AvgIpc) is 3.32. The number of Topliss-reactive ketones (excluding diaryl/α,β-unsaturated/α-hetero) is 1. The third-order valence-corrected chi connectivity index (χ3v) is 13.1. The van der Waals surface area contributed by atoms with Crippen LogP contribution in [0.15, 0.2) is 53.5 Å². The zero-order valence-corrected chi connectivity index (χ0v) is 36.6. The number of rotatable bonds is 7. The summed E-state index contributed by atoms with van der Waals surface area (Å²) in [5.74, 6) is 3.55. The number of aliphatic hydroxyl groups is 1. The van der Waals surface area contributed by atoms with Gasteiger partial charge in [0.15, 0.2) is 17.7 Å². The Bertz CT molecular complexity index is 1980. The second-order valence-electron chi connectivity index (χ2n) is 18.0. The minimum Gasteiger partial charge on any atom is -0.458 e. The van der Waals surface area contributed by atoms with E-state index in [-0.39, 0.29) is 30.4 Å². The maximum atomic E-state index is 14.7. The van der Waals surface area contributed by atoms with Crippen molar-refractivity contribution < 1.29 is 47.6 Å². The zero-order valence-electron chi connectivity index (χ0n) is 36.6. The largest absolute Gasteiger partial charge is 0.458 e. The van der Waals surface area contributed by atoms with Crippen LogP contribution in [0.2, 0.25) is 0 Å². The van der Waals surface area contributed by atoms with E-state index in [9.17, 15) is 23.9 Å². The third kappa shape index (κ3) is 9.27. The minimum atomic E-state index is -1.20. The molecule has 0 saturated carbocycles. The number of hydrogen-bond donors (Lipinski definition) is 1. The molecule has 2 aromatic rings. The number of cyclic esters (lactones) is 1. The van der Waals surface area contributed by atoms with E-state index in [0.717, 1.165) is 5.71 Å². The summed E-state index contributed by atoms with van der Waals surface area (Å²) in [7, 11) is 3.80. The van der Waals surface area contributed by atoms with Crippen molar-refractivity contribution in [3.05, 3.63) is 59.9 Å². The van der Waals surface area contributed by atoms with Crippen LogP contribution in [0.3, 0.4) is 0 Å². The highest BCUT2D eigenvalue weighted by Gasteiger charge is 2.60. The zero-order chi connectivity index (χ0) is 43.7. The predicted molar refractivity (Wildman–Crippen MR) is 224 cm³/mol. The first-order chi connectivity index (χ1) is 28.4. The predicted octanol–water partition coefficient (Wildman–Crippen LogP) is 7.05. The monoisotopic (exact) mass is 831 g/mol. The number of amides is 1. The Morgan fingerprint density at radius 3 is 2.40 bits per heavy atom. The molecule has 1 unspecified atom stereocenters. The van der Waals surface area contributed by atoms with Crippen LogP contribution in [0.5, 0.6) is 11.5 Å². The first-order valence-corrected chi connectivity index (χ1v) is 21.3. The molecule has 3 fully saturated rings. The lowest BCUT2D eigenvalue weighted by Gasteiger charge is -2.47. The van der Waals surface area contributed by atoms with Crippen molar-refractivity contribution in [2.24, 2.45) is 34.1 Å². The Hall–Kier alpha value is -4.35. The van der Waals surface area contributed by atoms with Crippen molar-refractivity contribution in [1.82, 2.24) is 9.80 Å². The molecule has 12 nitrogen and oxygen atoms in total. The molecule has 2 aromatic carbocycles. The number of nitrogens with zero attached hydrogens (tertiary/aromatic N) is 3. The van der Waals surface area contributed by atoms with E-state index in [1.165, 1.54) is 12.1 Å². The highest BCUT2D eigenvalue weighted by molar-refractivity contribution is 6.00. The molecular formula is C47H62FN3O9. The Balaban J connectivity index is 1.42. The summed E-state index contributed by atoms with van der Waals surface area (Å²) in [6.07, 6.45) is -2.89. The van der Waals surface area contributed by atoms with Crippen molar-refractivity contribution in [3.8, 4) is 23.3 Å². The molecule has 13 atom stereocenters. The van der Waals surface area contributed by atoms with Crippen LogP contribution < -0.4 is 4.74 Å². The van der Waals surface area contributed by atoms with Gasteiger partial charge in [0.2, 0.25) is 0 Å². The molecular weight excluding hydrogens is 770 g/mol. The Morgan fingerprint density at radius 2 is 1.73 bits per heavy atom. The Kier molecular flexibility index (Phi) is 13.8. The number of esters is 1. The molecule has 13 heteroatoms. The van der Waals surface area contributed by atoms with Gasteiger partial charge >= 0.3 is 12.1 Å². The summed E-state index contributed by atoms with van der Waals surface area (Å²) in [5, 5.41) is 11.7. The SMILES string of the molecule is CC[C@H]1OC(=O)[C@H](C)C(=O)[C@H](C)[C@@H](OC2O[C@H](C)C[C@H](N(C)C)[C@H]2O)[C@@](C)(CC#Cc2ccc(Oc3cccc(F)c3)cc2)C[C@@H](C)C2=NCCN3C(=O)O[C@@]1(C)[C@H]3[C@H]2C. The number of ether oxygens (including phenoxy) is 5. The number of carbonyl (C=O) groups is 3. The third-order valence-electron chi connectivity index (χ3n) is 13.1. The number of aliphatic hydroxyl groups excluding tert-OH is 1. The van der Waals surface area contributed by atoms with Crippen molar-refractivity contribution in [1.29, 1.82) is 0 Å². The molecule has 3 saturated heterocycles. The number of halogens is 1. The summed E-state index contributed by atoms with van der Waals surface area (Å²) in [6, 6.07) is 12.3. The molecule has 326 valence electrons. The van der Waals surface area contributed by atoms with Crippen molar-refractivity contribution in [2.75, 3.05) is 27.2 Å². The molecule has 4 aliphatic heterocycles. The molecule has 0 radical (unpaired) electrons.